The lowest BCUT2D eigenvalue weighted by Crippen LogP contribution is -2.60. The van der Waals surface area contributed by atoms with Gasteiger partial charge in [-0.25, -0.2) is 15.0 Å². The number of alkyl carbamates (subject to hydrolysis) is 2. The number of aliphatic carboxylic acids is 1. The third-order valence-corrected chi connectivity index (χ3v) is 17.9. The number of fused-ring (bicyclic) bond motifs is 2. The first-order valence-corrected chi connectivity index (χ1v) is 38.2. The Kier molecular flexibility index (Phi) is 35.5. The number of allylic oxidation sites excluding steroid dienone is 1. The van der Waals surface area contributed by atoms with Crippen molar-refractivity contribution in [3.8, 4) is 0 Å². The molecule has 0 bridgehead atoms. The molecule has 2 aliphatic rings. The Labute approximate surface area is 682 Å². The SMILES string of the molecule is CC(C)(C)OC(=O)N[C@@H](c1ccc2ccc(/C=C/C(C)(C)C(=O)O)cc2n1)C(F)(F)F.CC(C)[C@H](CC(=O)C(C)(C)/C=C/c1ccc2ccc([C@H](NC(=O)OC(C)(C)C)C(F)(F)F)nc2c1)C(=O)N[C@@H](C)C(=O)N1CCC[C@@H](C(=O)OCC(Cl)(Cl)Cl)N1.CC(C)[C@H](N)C(=O)N[C@@H](C)C(=O)C1CCC[C@@H](C(=O)OCC(Cl)(Cl)Cl)N1. The summed E-state index contributed by atoms with van der Waals surface area (Å²) in [5.74, 6) is -5.25. The lowest BCUT2D eigenvalue weighted by Gasteiger charge is -2.34. The average molecular weight is 1720 g/mol. The zero-order valence-corrected chi connectivity index (χ0v) is 70.0. The summed E-state index contributed by atoms with van der Waals surface area (Å²) in [6, 6.07) is 5.92. The highest BCUT2D eigenvalue weighted by atomic mass is 35.6. The van der Waals surface area contributed by atoms with Crippen LogP contribution in [0.3, 0.4) is 0 Å². The Bertz CT molecular complexity index is 4090. The number of carbonyl (C=O) groups is 10. The molecule has 2 aliphatic heterocycles. The van der Waals surface area contributed by atoms with E-state index in [2.05, 4.69) is 31.3 Å². The fourth-order valence-electron chi connectivity index (χ4n) is 10.8. The number of carbonyl (C=O) groups excluding carboxylic acids is 9. The summed E-state index contributed by atoms with van der Waals surface area (Å²) in [6.45, 7) is 25.4. The number of alkyl halides is 12. The second-order valence-electron chi connectivity index (χ2n) is 31.1. The molecule has 2 aromatic heterocycles. The van der Waals surface area contributed by atoms with Crippen molar-refractivity contribution in [2.24, 2.45) is 34.3 Å². The number of piperidine rings is 1. The quantitative estimate of drug-likeness (QED) is 0.0132. The Morgan fingerprint density at radius 1 is 0.566 bits per heavy atom. The molecule has 37 heteroatoms. The van der Waals surface area contributed by atoms with E-state index in [1.807, 2.05) is 24.5 Å². The molecule has 0 radical (unpaired) electrons. The van der Waals surface area contributed by atoms with Crippen LogP contribution in [0.15, 0.2) is 72.8 Å². The second kappa shape index (κ2) is 41.0. The Morgan fingerprint density at radius 2 is 0.982 bits per heavy atom. The van der Waals surface area contributed by atoms with Crippen LogP contribution in [0.1, 0.15) is 184 Å². The first-order chi connectivity index (χ1) is 51.7. The summed E-state index contributed by atoms with van der Waals surface area (Å²) in [6.07, 6.45) is -3.32. The van der Waals surface area contributed by atoms with Gasteiger partial charge in [0.15, 0.2) is 17.9 Å². The maximum Gasteiger partial charge on any atom is 0.414 e. The number of hydrazine groups is 1. The molecular formula is C76H100Cl6F6N10O15. The van der Waals surface area contributed by atoms with E-state index in [1.54, 1.807) is 110 Å². The number of benzene rings is 2. The van der Waals surface area contributed by atoms with E-state index in [9.17, 15) is 79.4 Å². The number of hydrogen-bond acceptors (Lipinski definition) is 19. The average Bonchev–Trinajstić information content (AvgIpc) is 0.800. The van der Waals surface area contributed by atoms with Gasteiger partial charge in [0.1, 0.15) is 48.3 Å². The molecule has 2 saturated heterocycles. The number of nitrogens with two attached hydrogens (primary N) is 1. The third-order valence-electron chi connectivity index (χ3n) is 17.3. The van der Waals surface area contributed by atoms with Gasteiger partial charge in [-0.2, -0.15) is 26.3 Å². The van der Waals surface area contributed by atoms with Crippen molar-refractivity contribution >= 4 is 163 Å². The number of esters is 2. The summed E-state index contributed by atoms with van der Waals surface area (Å²) >= 11 is 33.7. The normalized spacial score (nSPS) is 17.8. The van der Waals surface area contributed by atoms with Crippen LogP contribution in [0.4, 0.5) is 35.9 Å². The van der Waals surface area contributed by atoms with Crippen LogP contribution in [0, 0.1) is 28.6 Å². The smallest absolute Gasteiger partial charge is 0.414 e. The highest BCUT2D eigenvalue weighted by Crippen LogP contribution is 2.37. The Morgan fingerprint density at radius 3 is 1.40 bits per heavy atom. The van der Waals surface area contributed by atoms with Crippen molar-refractivity contribution in [3.05, 3.63) is 95.3 Å². The molecular weight excluding hydrogens is 1620 g/mol. The summed E-state index contributed by atoms with van der Waals surface area (Å²) in [5, 5.41) is 23.6. The lowest BCUT2D eigenvalue weighted by molar-refractivity contribution is -0.158. The Balaban J connectivity index is 0.000000396. The number of halogens is 12. The number of hydrogen-bond donors (Lipinski definition) is 8. The number of ether oxygens (including phenoxy) is 4. The number of pyridine rings is 2. The van der Waals surface area contributed by atoms with Gasteiger partial charge in [-0.3, -0.25) is 58.6 Å². The summed E-state index contributed by atoms with van der Waals surface area (Å²) < 4.78 is 99.5. The molecule has 2 fully saturated rings. The highest BCUT2D eigenvalue weighted by Gasteiger charge is 2.46. The lowest BCUT2D eigenvalue weighted by atomic mass is 9.79. The van der Waals surface area contributed by atoms with Gasteiger partial charge in [0.25, 0.3) is 5.91 Å². The minimum absolute atomic E-state index is 0.0397. The third kappa shape index (κ3) is 33.0. The molecule has 25 nitrogen and oxygen atoms in total. The van der Waals surface area contributed by atoms with Gasteiger partial charge < -0.3 is 51.1 Å². The largest absolute Gasteiger partial charge is 0.481 e. The van der Waals surface area contributed by atoms with E-state index in [-0.39, 0.29) is 59.9 Å². The van der Waals surface area contributed by atoms with E-state index in [4.69, 9.17) is 94.3 Å². The van der Waals surface area contributed by atoms with Crippen LogP contribution in [0.5, 0.6) is 0 Å². The zero-order chi connectivity index (χ0) is 86.1. The number of nitrogens with zero attached hydrogens (tertiary/aromatic N) is 3. The fourth-order valence-corrected chi connectivity index (χ4v) is 11.1. The topological polar surface area (TPSA) is 355 Å². The number of Topliss-reactive ketones (excluding diaryl/α,β-unsaturated/α-hetero) is 2. The number of carboxylic acid groups (broad SMARTS) is 1. The van der Waals surface area contributed by atoms with Crippen molar-refractivity contribution < 1.29 is 98.3 Å². The number of rotatable bonds is 25. The van der Waals surface area contributed by atoms with E-state index in [1.165, 1.54) is 76.9 Å². The van der Waals surface area contributed by atoms with Crippen LogP contribution >= 0.6 is 69.6 Å². The number of aromatic nitrogens is 2. The molecule has 113 heavy (non-hydrogen) atoms. The van der Waals surface area contributed by atoms with E-state index in [0.717, 1.165) is 0 Å². The molecule has 0 saturated carbocycles. The molecule has 5 amide bonds. The van der Waals surface area contributed by atoms with Gasteiger partial charge in [0, 0.05) is 35.1 Å². The van der Waals surface area contributed by atoms with Crippen LogP contribution in [-0.2, 0) is 57.3 Å². The fraction of sp³-hybridized carbons (Fsp3) is 0.579. The van der Waals surface area contributed by atoms with Crippen molar-refractivity contribution in [3.63, 3.8) is 0 Å². The first-order valence-electron chi connectivity index (χ1n) is 36.0. The zero-order valence-electron chi connectivity index (χ0n) is 65.4. The van der Waals surface area contributed by atoms with E-state index in [0.29, 0.717) is 54.0 Å². The van der Waals surface area contributed by atoms with Crippen molar-refractivity contribution in [2.45, 2.75) is 229 Å². The van der Waals surface area contributed by atoms with Crippen molar-refractivity contribution in [1.82, 2.24) is 47.0 Å². The summed E-state index contributed by atoms with van der Waals surface area (Å²) in [7, 11) is 0. The van der Waals surface area contributed by atoms with Gasteiger partial charge in [-0.15, -0.1) is 0 Å². The van der Waals surface area contributed by atoms with Crippen LogP contribution in [-0.4, -0.2) is 167 Å². The number of ketones is 2. The maximum atomic E-state index is 14.0. The van der Waals surface area contributed by atoms with Gasteiger partial charge >= 0.3 is 42.4 Å². The van der Waals surface area contributed by atoms with Crippen LogP contribution in [0.25, 0.3) is 34.0 Å². The van der Waals surface area contributed by atoms with Gasteiger partial charge in [-0.05, 0) is 162 Å². The van der Waals surface area contributed by atoms with Crippen molar-refractivity contribution in [1.29, 1.82) is 0 Å². The molecule has 1 unspecified atom stereocenters. The minimum Gasteiger partial charge on any atom is -0.481 e. The van der Waals surface area contributed by atoms with Crippen molar-refractivity contribution in [2.75, 3.05) is 19.8 Å². The highest BCUT2D eigenvalue weighted by molar-refractivity contribution is 6.68. The van der Waals surface area contributed by atoms with E-state index < -0.39 is 156 Å². The van der Waals surface area contributed by atoms with Gasteiger partial charge in [0.05, 0.1) is 46.0 Å². The van der Waals surface area contributed by atoms with E-state index >= 15 is 0 Å². The number of nitrogens with one attached hydrogen (secondary N) is 6. The molecule has 9 atom stereocenters. The van der Waals surface area contributed by atoms with Crippen LogP contribution < -0.4 is 37.7 Å². The molecule has 0 spiro atoms. The monoisotopic (exact) mass is 1720 g/mol. The second-order valence-corrected chi connectivity index (χ2v) is 36.1. The number of carboxylic acids is 1. The predicted molar refractivity (Wildman–Crippen MR) is 419 cm³/mol. The molecule has 4 aromatic rings. The minimum atomic E-state index is -4.86. The number of amides is 5. The standard InChI is InChI=1S/C38H49Cl3F3N5O7.C22H25F3N2O4.C16H26Cl3N3O4/c1-21(2)25(31(51)45-22(3)32(52)49-17-9-10-27(48-49)33(53)55-20-37(39,40)41)19-29(50)36(7,8)16-15-23-11-12-24-13-14-26(46-28(24)18-23)30(38(42,43)44)47-34(54)56-35(4,5)6;1-20(2,3)31-19(30)27-17(22(23,24)25)15-9-8-14-7-6-13(12-16(14)26-15)10-11-21(4,5)18(28)29;1-8(2)12(20)14(24)21-9(3)13(23)10-5-4-6-11(22-10)15(25)26-7-16(17,18)19/h11-16,18,21-22,25,27,30,48H,9-10,17,19-20H2,1-8H3,(H,45,51)(H,47,54);6-12,17H,1-5H3,(H,27,30)(H,28,29);8-12,22H,4-7,20H2,1-3H3,(H,21,24)/b16-15+;11-10+;/t22-,25-,27-,30-;17-;9-,10?,11-,12-/m000/s1. The molecule has 9 N–H and O–H groups in total. The molecule has 6 rings (SSSR count). The van der Waals surface area contributed by atoms with Gasteiger partial charge in [-0.1, -0.05) is 158 Å². The van der Waals surface area contributed by atoms with Crippen LogP contribution in [0.2, 0.25) is 0 Å². The Hall–Kier alpha value is -7.36. The summed E-state index contributed by atoms with van der Waals surface area (Å²) in [4.78, 5) is 133. The van der Waals surface area contributed by atoms with Gasteiger partial charge in [0.2, 0.25) is 19.4 Å². The summed E-state index contributed by atoms with van der Waals surface area (Å²) in [5.41, 5.74) is 5.24. The predicted octanol–water partition coefficient (Wildman–Crippen LogP) is 14.5. The molecule has 4 heterocycles. The maximum absolute atomic E-state index is 14.0. The molecule has 2 aromatic carbocycles. The molecule has 0 aliphatic carbocycles. The molecule has 628 valence electrons. The first kappa shape index (κ1) is 98.0.